The SMILES string of the molecule is CCC(C(CC(=O)NCc1ccccc1)c1ccc(Cl)c(Cl)c1)N1CCC2(CC1)OC(=O)N(C)c1ccc(F)cc12. The van der Waals surface area contributed by atoms with E-state index in [4.69, 9.17) is 27.9 Å². The molecular formula is C32H34Cl2FN3O3. The van der Waals surface area contributed by atoms with Crippen LogP contribution in [-0.4, -0.2) is 43.1 Å². The Balaban J connectivity index is 1.37. The largest absolute Gasteiger partial charge is 0.437 e. The van der Waals surface area contributed by atoms with Crippen LogP contribution >= 0.6 is 23.2 Å². The van der Waals surface area contributed by atoms with Gasteiger partial charge < -0.3 is 10.1 Å². The maximum absolute atomic E-state index is 14.3. The van der Waals surface area contributed by atoms with Crippen molar-refractivity contribution in [1.82, 2.24) is 10.2 Å². The molecule has 2 aliphatic heterocycles. The van der Waals surface area contributed by atoms with Crippen molar-refractivity contribution in [1.29, 1.82) is 0 Å². The Kier molecular flexibility index (Phi) is 8.88. The van der Waals surface area contributed by atoms with E-state index >= 15 is 0 Å². The van der Waals surface area contributed by atoms with Gasteiger partial charge in [-0.1, -0.05) is 66.5 Å². The average Bonchev–Trinajstić information content (AvgIpc) is 2.98. The number of carbonyl (C=O) groups is 2. The van der Waals surface area contributed by atoms with Crippen molar-refractivity contribution >= 4 is 40.9 Å². The van der Waals surface area contributed by atoms with E-state index in [1.807, 2.05) is 42.5 Å². The molecule has 3 aromatic rings. The summed E-state index contributed by atoms with van der Waals surface area (Å²) in [6, 6.07) is 19.9. The van der Waals surface area contributed by atoms with Gasteiger partial charge in [0.25, 0.3) is 0 Å². The van der Waals surface area contributed by atoms with Crippen molar-refractivity contribution < 1.29 is 18.7 Å². The van der Waals surface area contributed by atoms with Gasteiger partial charge in [0.15, 0.2) is 0 Å². The van der Waals surface area contributed by atoms with Crippen LogP contribution in [0.3, 0.4) is 0 Å². The van der Waals surface area contributed by atoms with Gasteiger partial charge >= 0.3 is 6.09 Å². The molecule has 0 aliphatic carbocycles. The summed E-state index contributed by atoms with van der Waals surface area (Å²) in [5.41, 5.74) is 2.46. The van der Waals surface area contributed by atoms with Gasteiger partial charge in [0.2, 0.25) is 5.91 Å². The molecule has 0 bridgehead atoms. The Labute approximate surface area is 250 Å². The van der Waals surface area contributed by atoms with E-state index in [0.717, 1.165) is 17.5 Å². The molecule has 3 aromatic carbocycles. The maximum atomic E-state index is 14.3. The number of halogens is 3. The van der Waals surface area contributed by atoms with E-state index in [-0.39, 0.29) is 30.1 Å². The minimum atomic E-state index is -0.887. The average molecular weight is 599 g/mol. The molecule has 2 aliphatic rings. The second kappa shape index (κ2) is 12.4. The summed E-state index contributed by atoms with van der Waals surface area (Å²) in [5.74, 6) is -0.556. The van der Waals surface area contributed by atoms with Crippen molar-refractivity contribution in [3.05, 3.63) is 99.3 Å². The number of hydrogen-bond donors (Lipinski definition) is 1. The van der Waals surface area contributed by atoms with Crippen LogP contribution in [0.5, 0.6) is 0 Å². The number of anilines is 1. The number of hydrogen-bond acceptors (Lipinski definition) is 4. The number of amides is 2. The molecule has 0 radical (unpaired) electrons. The second-order valence-corrected chi connectivity index (χ2v) is 11.7. The number of nitrogens with zero attached hydrogens (tertiary/aromatic N) is 2. The van der Waals surface area contributed by atoms with Gasteiger partial charge in [-0.05, 0) is 47.9 Å². The zero-order valence-electron chi connectivity index (χ0n) is 23.2. The predicted molar refractivity (Wildman–Crippen MR) is 160 cm³/mol. The van der Waals surface area contributed by atoms with Crippen LogP contribution in [0, 0.1) is 5.82 Å². The van der Waals surface area contributed by atoms with Crippen LogP contribution in [0.15, 0.2) is 66.7 Å². The molecule has 2 amide bonds. The first kappa shape index (κ1) is 29.4. The number of benzene rings is 3. The number of carbonyl (C=O) groups excluding carboxylic acids is 2. The van der Waals surface area contributed by atoms with E-state index in [1.54, 1.807) is 19.2 Å². The summed E-state index contributed by atoms with van der Waals surface area (Å²) < 4.78 is 20.3. The van der Waals surface area contributed by atoms with Gasteiger partial charge in [0.1, 0.15) is 11.4 Å². The molecule has 1 spiro atoms. The molecule has 41 heavy (non-hydrogen) atoms. The lowest BCUT2D eigenvalue weighted by atomic mass is 9.79. The Morgan fingerprint density at radius 1 is 1.05 bits per heavy atom. The van der Waals surface area contributed by atoms with E-state index in [0.29, 0.717) is 53.8 Å². The third-order valence-corrected chi connectivity index (χ3v) is 9.17. The summed E-state index contributed by atoms with van der Waals surface area (Å²) in [5, 5.41) is 3.98. The first-order valence-corrected chi connectivity index (χ1v) is 14.7. The second-order valence-electron chi connectivity index (χ2n) is 10.8. The molecule has 2 atom stereocenters. The van der Waals surface area contributed by atoms with Gasteiger partial charge in [0, 0.05) is 63.5 Å². The Morgan fingerprint density at radius 2 is 1.78 bits per heavy atom. The lowest BCUT2D eigenvalue weighted by molar-refractivity contribution is -0.122. The topological polar surface area (TPSA) is 61.9 Å². The fourth-order valence-electron chi connectivity index (χ4n) is 6.23. The molecular weight excluding hydrogens is 564 g/mol. The highest BCUT2D eigenvalue weighted by Crippen LogP contribution is 2.46. The molecule has 1 N–H and O–H groups in total. The van der Waals surface area contributed by atoms with Crippen LogP contribution in [0.1, 0.15) is 55.2 Å². The number of fused-ring (bicyclic) bond motifs is 2. The predicted octanol–water partition coefficient (Wildman–Crippen LogP) is 7.28. The third kappa shape index (κ3) is 6.22. The van der Waals surface area contributed by atoms with E-state index in [2.05, 4.69) is 17.1 Å². The third-order valence-electron chi connectivity index (χ3n) is 8.43. The molecule has 9 heteroatoms. The van der Waals surface area contributed by atoms with Crippen molar-refractivity contribution in [2.75, 3.05) is 25.0 Å². The van der Waals surface area contributed by atoms with Crippen molar-refractivity contribution in [3.63, 3.8) is 0 Å². The fraction of sp³-hybridized carbons (Fsp3) is 0.375. The number of likely N-dealkylation sites (tertiary alicyclic amines) is 1. The zero-order valence-corrected chi connectivity index (χ0v) is 24.7. The smallest absolute Gasteiger partial charge is 0.414 e. The number of ether oxygens (including phenoxy) is 1. The summed E-state index contributed by atoms with van der Waals surface area (Å²) >= 11 is 12.7. The van der Waals surface area contributed by atoms with Gasteiger partial charge in [-0.25, -0.2) is 9.18 Å². The number of nitrogens with one attached hydrogen (secondary N) is 1. The highest BCUT2D eigenvalue weighted by molar-refractivity contribution is 6.42. The normalized spacial score (nSPS) is 18.0. The standard InChI is InChI=1S/C32H34Cl2FN3O3/c1-3-28(38-15-13-32(14-16-38)25-18-23(35)10-12-29(25)37(2)31(40)41-32)24(22-9-11-26(33)27(34)17-22)19-30(39)36-20-21-7-5-4-6-8-21/h4-12,17-18,24,28H,3,13-16,19-20H2,1-2H3,(H,36,39). The van der Waals surface area contributed by atoms with Crippen molar-refractivity contribution in [2.24, 2.45) is 0 Å². The molecule has 0 aromatic heterocycles. The lowest BCUT2D eigenvalue weighted by Gasteiger charge is -2.48. The monoisotopic (exact) mass is 597 g/mol. The number of piperidine rings is 1. The van der Waals surface area contributed by atoms with Crippen LogP contribution in [0.25, 0.3) is 0 Å². The van der Waals surface area contributed by atoms with E-state index < -0.39 is 11.7 Å². The highest BCUT2D eigenvalue weighted by atomic mass is 35.5. The Bertz CT molecular complexity index is 1410. The molecule has 2 heterocycles. The molecule has 2 unspecified atom stereocenters. The first-order valence-electron chi connectivity index (χ1n) is 14.0. The van der Waals surface area contributed by atoms with Gasteiger partial charge in [-0.2, -0.15) is 0 Å². The minimum Gasteiger partial charge on any atom is -0.437 e. The fourth-order valence-corrected chi connectivity index (χ4v) is 6.53. The maximum Gasteiger partial charge on any atom is 0.414 e. The zero-order chi connectivity index (χ0) is 29.1. The van der Waals surface area contributed by atoms with Crippen LogP contribution in [-0.2, 0) is 21.7 Å². The first-order chi connectivity index (χ1) is 19.7. The Hall–Kier alpha value is -3.13. The minimum absolute atomic E-state index is 0.0148. The Morgan fingerprint density at radius 3 is 2.46 bits per heavy atom. The van der Waals surface area contributed by atoms with E-state index in [9.17, 15) is 14.0 Å². The highest BCUT2D eigenvalue weighted by Gasteiger charge is 2.47. The molecule has 216 valence electrons. The molecule has 1 saturated heterocycles. The summed E-state index contributed by atoms with van der Waals surface area (Å²) in [6.07, 6.45) is 1.67. The van der Waals surface area contributed by atoms with Gasteiger partial charge in [-0.15, -0.1) is 0 Å². The number of rotatable bonds is 8. The molecule has 0 saturated carbocycles. The quantitative estimate of drug-likeness (QED) is 0.296. The summed E-state index contributed by atoms with van der Waals surface area (Å²) in [4.78, 5) is 29.8. The van der Waals surface area contributed by atoms with Crippen molar-refractivity contribution in [3.8, 4) is 0 Å². The molecule has 1 fully saturated rings. The summed E-state index contributed by atoms with van der Waals surface area (Å²) in [6.45, 7) is 3.80. The van der Waals surface area contributed by atoms with Gasteiger partial charge in [0.05, 0.1) is 15.7 Å². The summed E-state index contributed by atoms with van der Waals surface area (Å²) in [7, 11) is 1.64. The molecule has 5 rings (SSSR count). The van der Waals surface area contributed by atoms with Crippen LogP contribution in [0.4, 0.5) is 14.9 Å². The van der Waals surface area contributed by atoms with Crippen LogP contribution in [0.2, 0.25) is 10.0 Å². The lowest BCUT2D eigenvalue weighted by Crippen LogP contribution is -2.53. The van der Waals surface area contributed by atoms with Crippen LogP contribution < -0.4 is 10.2 Å². The van der Waals surface area contributed by atoms with E-state index in [1.165, 1.54) is 17.0 Å². The molecule has 6 nitrogen and oxygen atoms in total. The van der Waals surface area contributed by atoms with Gasteiger partial charge in [-0.3, -0.25) is 14.6 Å². The van der Waals surface area contributed by atoms with Crippen molar-refractivity contribution in [2.45, 2.75) is 56.7 Å².